The van der Waals surface area contributed by atoms with E-state index in [2.05, 4.69) is 25.3 Å². The molecule has 0 saturated heterocycles. The number of anilines is 3. The molecule has 0 bridgehead atoms. The lowest BCUT2D eigenvalue weighted by atomic mass is 10.1. The molecule has 5 rings (SSSR count). The smallest absolute Gasteiger partial charge is 0.404 e. The Bertz CT molecular complexity index is 1340. The molecule has 1 aliphatic carbocycles. The lowest BCUT2D eigenvalue weighted by Gasteiger charge is -2.19. The first-order chi connectivity index (χ1) is 17.3. The van der Waals surface area contributed by atoms with Crippen molar-refractivity contribution in [2.24, 2.45) is 5.92 Å². The lowest BCUT2D eigenvalue weighted by molar-refractivity contribution is -0.274. The van der Waals surface area contributed by atoms with Crippen LogP contribution in [0, 0.1) is 12.8 Å². The molecule has 0 unspecified atom stereocenters. The highest BCUT2D eigenvalue weighted by atomic mass is 32.1. The molecule has 1 saturated carbocycles. The van der Waals surface area contributed by atoms with E-state index in [1.807, 2.05) is 31.2 Å². The molecule has 0 radical (unpaired) electrons. The van der Waals surface area contributed by atoms with Gasteiger partial charge in [-0.3, -0.25) is 0 Å². The molecule has 0 spiro atoms. The zero-order valence-corrected chi connectivity index (χ0v) is 20.2. The van der Waals surface area contributed by atoms with Gasteiger partial charge in [0.1, 0.15) is 10.8 Å². The first-order valence-electron chi connectivity index (χ1n) is 11.5. The van der Waals surface area contributed by atoms with Crippen molar-refractivity contribution >= 4 is 39.0 Å². The number of nitrogens with zero attached hydrogens (tertiary/aromatic N) is 3. The van der Waals surface area contributed by atoms with Gasteiger partial charge in [-0.05, 0) is 56.4 Å². The summed E-state index contributed by atoms with van der Waals surface area (Å²) in [6.07, 6.45) is -2.26. The number of halogens is 3. The molecular weight excluding hydrogens is 491 g/mol. The number of aliphatic hydroxyl groups is 1. The molecule has 2 aromatic carbocycles. The number of hydrogen-bond acceptors (Lipinski definition) is 8. The van der Waals surface area contributed by atoms with E-state index in [1.54, 1.807) is 6.07 Å². The van der Waals surface area contributed by atoms with E-state index < -0.39 is 6.36 Å². The number of hydrogen-bond donors (Lipinski definition) is 3. The fourth-order valence-electron chi connectivity index (χ4n) is 4.44. The largest absolute Gasteiger partial charge is 0.573 e. The van der Waals surface area contributed by atoms with Gasteiger partial charge in [-0.25, -0.2) is 9.97 Å². The highest BCUT2D eigenvalue weighted by Gasteiger charge is 2.32. The van der Waals surface area contributed by atoms with Crippen molar-refractivity contribution in [3.63, 3.8) is 0 Å². The Morgan fingerprint density at radius 3 is 2.58 bits per heavy atom. The fourth-order valence-corrected chi connectivity index (χ4v) is 5.50. The molecular formula is C25H24F3N5O2S. The van der Waals surface area contributed by atoms with Crippen molar-refractivity contribution in [1.82, 2.24) is 15.0 Å². The van der Waals surface area contributed by atoms with Gasteiger partial charge in [0.25, 0.3) is 0 Å². The summed E-state index contributed by atoms with van der Waals surface area (Å²) in [5.41, 5.74) is 2.33. The summed E-state index contributed by atoms with van der Waals surface area (Å²) in [5, 5.41) is 16.7. The zero-order valence-electron chi connectivity index (χ0n) is 19.3. The number of rotatable bonds is 7. The molecule has 2 atom stereocenters. The van der Waals surface area contributed by atoms with E-state index in [-0.39, 0.29) is 36.0 Å². The molecule has 2 heterocycles. The van der Waals surface area contributed by atoms with E-state index in [1.165, 1.54) is 29.5 Å². The summed E-state index contributed by atoms with van der Waals surface area (Å²) < 4.78 is 43.9. The van der Waals surface area contributed by atoms with Crippen molar-refractivity contribution in [2.45, 2.75) is 38.6 Å². The Balaban J connectivity index is 1.53. The van der Waals surface area contributed by atoms with Crippen LogP contribution >= 0.6 is 11.3 Å². The molecule has 11 heteroatoms. The summed E-state index contributed by atoms with van der Waals surface area (Å²) in [7, 11) is 0. The van der Waals surface area contributed by atoms with Gasteiger partial charge in [-0.15, -0.1) is 24.5 Å². The molecule has 0 amide bonds. The van der Waals surface area contributed by atoms with Crippen molar-refractivity contribution in [2.75, 3.05) is 17.2 Å². The highest BCUT2D eigenvalue weighted by Crippen LogP contribution is 2.39. The normalized spacial score (nSPS) is 17.9. The molecule has 3 N–H and O–H groups in total. The standard InChI is InChI=1S/C25H24F3N5O2S/c1-14-21(23-31-18-7-3-5-9-20(18)36-23)22(30-16-11-10-15(12-16)13-34)33-24(29-14)32-17-6-2-4-8-19(17)35-25(26,27)28/h2-9,15-16,34H,10-13H2,1H3,(H2,29,30,32,33)/t15-,16+/m1/s1. The lowest BCUT2D eigenvalue weighted by Crippen LogP contribution is -2.19. The summed E-state index contributed by atoms with van der Waals surface area (Å²) in [4.78, 5) is 14.0. The Labute approximate surface area is 209 Å². The van der Waals surface area contributed by atoms with Crippen LogP contribution in [0.3, 0.4) is 0 Å². The minimum atomic E-state index is -4.83. The van der Waals surface area contributed by atoms with Crippen molar-refractivity contribution < 1.29 is 23.0 Å². The number of thiazole rings is 1. The van der Waals surface area contributed by atoms with E-state index in [0.717, 1.165) is 40.1 Å². The van der Waals surface area contributed by atoms with E-state index in [9.17, 15) is 18.3 Å². The number of ether oxygens (including phenoxy) is 1. The summed E-state index contributed by atoms with van der Waals surface area (Å²) in [5.74, 6) is 0.523. The second kappa shape index (κ2) is 9.90. The van der Waals surface area contributed by atoms with Crippen LogP contribution in [0.15, 0.2) is 48.5 Å². The zero-order chi connectivity index (χ0) is 25.3. The molecule has 0 aliphatic heterocycles. The van der Waals surface area contributed by atoms with Crippen LogP contribution in [0.2, 0.25) is 0 Å². The molecule has 188 valence electrons. The molecule has 1 aliphatic rings. The van der Waals surface area contributed by atoms with Crippen LogP contribution in [0.1, 0.15) is 25.0 Å². The Kier molecular flexibility index (Phi) is 6.67. The quantitative estimate of drug-likeness (QED) is 0.267. The predicted molar refractivity (Wildman–Crippen MR) is 134 cm³/mol. The van der Waals surface area contributed by atoms with Gasteiger partial charge in [0, 0.05) is 12.6 Å². The third kappa shape index (κ3) is 5.36. The molecule has 4 aromatic rings. The predicted octanol–water partition coefficient (Wildman–Crippen LogP) is 6.28. The van der Waals surface area contributed by atoms with Crippen LogP contribution in [0.5, 0.6) is 5.75 Å². The minimum absolute atomic E-state index is 0.0918. The second-order valence-electron chi connectivity index (χ2n) is 8.71. The summed E-state index contributed by atoms with van der Waals surface area (Å²) in [6.45, 7) is 1.96. The minimum Gasteiger partial charge on any atom is -0.404 e. The van der Waals surface area contributed by atoms with Gasteiger partial charge in [0.15, 0.2) is 5.75 Å². The van der Waals surface area contributed by atoms with E-state index in [4.69, 9.17) is 4.98 Å². The Morgan fingerprint density at radius 1 is 1.06 bits per heavy atom. The first kappa shape index (κ1) is 24.3. The highest BCUT2D eigenvalue weighted by molar-refractivity contribution is 7.21. The molecule has 1 fully saturated rings. The van der Waals surface area contributed by atoms with Crippen LogP contribution in [0.4, 0.5) is 30.6 Å². The fraction of sp³-hybridized carbons (Fsp3) is 0.320. The number of nitrogens with one attached hydrogen (secondary N) is 2. The van der Waals surface area contributed by atoms with Crippen LogP contribution in [0.25, 0.3) is 20.8 Å². The number of aromatic nitrogens is 3. The summed E-state index contributed by atoms with van der Waals surface area (Å²) in [6, 6.07) is 13.7. The van der Waals surface area contributed by atoms with Gasteiger partial charge in [0.05, 0.1) is 27.2 Å². The van der Waals surface area contributed by atoms with E-state index >= 15 is 0 Å². The Hall–Kier alpha value is -3.44. The van der Waals surface area contributed by atoms with Crippen LogP contribution in [-0.4, -0.2) is 39.1 Å². The number of para-hydroxylation sites is 3. The number of benzene rings is 2. The van der Waals surface area contributed by atoms with Gasteiger partial charge in [0.2, 0.25) is 5.95 Å². The van der Waals surface area contributed by atoms with Crippen LogP contribution < -0.4 is 15.4 Å². The SMILES string of the molecule is Cc1nc(Nc2ccccc2OC(F)(F)F)nc(N[C@H]2CC[C@@H](CO)C2)c1-c1nc2ccccc2s1. The maximum atomic E-state index is 12.9. The second-order valence-corrected chi connectivity index (χ2v) is 9.75. The third-order valence-corrected chi connectivity index (χ3v) is 7.15. The molecule has 7 nitrogen and oxygen atoms in total. The van der Waals surface area contributed by atoms with Crippen LogP contribution in [-0.2, 0) is 0 Å². The van der Waals surface area contributed by atoms with Crippen molar-refractivity contribution in [3.05, 3.63) is 54.2 Å². The molecule has 2 aromatic heterocycles. The van der Waals surface area contributed by atoms with Crippen molar-refractivity contribution in [1.29, 1.82) is 0 Å². The van der Waals surface area contributed by atoms with E-state index in [0.29, 0.717) is 11.5 Å². The van der Waals surface area contributed by atoms with Crippen molar-refractivity contribution in [3.8, 4) is 16.3 Å². The number of aryl methyl sites for hydroxylation is 1. The van der Waals surface area contributed by atoms with Gasteiger partial charge < -0.3 is 20.5 Å². The average Bonchev–Trinajstić information content (AvgIpc) is 3.46. The summed E-state index contributed by atoms with van der Waals surface area (Å²) >= 11 is 1.52. The average molecular weight is 516 g/mol. The number of aliphatic hydroxyl groups excluding tert-OH is 1. The molecule has 36 heavy (non-hydrogen) atoms. The monoisotopic (exact) mass is 515 g/mol. The third-order valence-electron chi connectivity index (χ3n) is 6.10. The maximum absolute atomic E-state index is 12.9. The maximum Gasteiger partial charge on any atom is 0.573 e. The number of fused-ring (bicyclic) bond motifs is 1. The van der Waals surface area contributed by atoms with Gasteiger partial charge in [-0.2, -0.15) is 4.98 Å². The number of alkyl halides is 3. The topological polar surface area (TPSA) is 92.2 Å². The van der Waals surface area contributed by atoms with Gasteiger partial charge in [-0.1, -0.05) is 24.3 Å². The Morgan fingerprint density at radius 2 is 1.83 bits per heavy atom. The first-order valence-corrected chi connectivity index (χ1v) is 12.3. The van der Waals surface area contributed by atoms with Gasteiger partial charge >= 0.3 is 6.36 Å².